The van der Waals surface area contributed by atoms with Crippen molar-refractivity contribution < 1.29 is 14.4 Å². The van der Waals surface area contributed by atoms with Gasteiger partial charge in [0, 0.05) is 13.1 Å². The zero-order valence-electron chi connectivity index (χ0n) is 12.7. The zero-order chi connectivity index (χ0) is 15.3. The summed E-state index contributed by atoms with van der Waals surface area (Å²) in [5, 5.41) is 5.28. The van der Waals surface area contributed by atoms with Crippen LogP contribution in [0.15, 0.2) is 0 Å². The van der Waals surface area contributed by atoms with Gasteiger partial charge in [-0.05, 0) is 18.8 Å². The third-order valence-corrected chi connectivity index (χ3v) is 3.18. The fourth-order valence-electron chi connectivity index (χ4n) is 1.52. The first-order valence-electron chi connectivity index (χ1n) is 6.88. The Bertz CT molecular complexity index is 386. The number of likely N-dealkylation sites (N-methyl/N-ethyl adjacent to an activating group) is 1. The number of hydrogen-bond donors (Lipinski definition) is 3. The van der Waals surface area contributed by atoms with Crippen LogP contribution in [0.3, 0.4) is 0 Å². The second-order valence-corrected chi connectivity index (χ2v) is 5.58. The Kier molecular flexibility index (Phi) is 8.27. The summed E-state index contributed by atoms with van der Waals surface area (Å²) in [5.74, 6) is -0.842. The molecule has 0 aromatic carbocycles. The van der Waals surface area contributed by atoms with E-state index in [2.05, 4.69) is 10.6 Å². The lowest BCUT2D eigenvalue weighted by Crippen LogP contribution is -2.48. The van der Waals surface area contributed by atoms with Crippen LogP contribution in [0, 0.1) is 5.92 Å². The Morgan fingerprint density at radius 1 is 1.29 bits per heavy atom. The highest BCUT2D eigenvalue weighted by molar-refractivity contribution is 5.89. The molecule has 0 radical (unpaired) electrons. The molecule has 0 unspecified atom stereocenters. The molecule has 8 heteroatoms. The molecule has 0 heterocycles. The van der Waals surface area contributed by atoms with Crippen molar-refractivity contribution in [3.05, 3.63) is 0 Å². The predicted molar refractivity (Wildman–Crippen MR) is 81.9 cm³/mol. The largest absolute Gasteiger partial charge is 0.352 e. The van der Waals surface area contributed by atoms with Gasteiger partial charge in [-0.15, -0.1) is 12.4 Å². The van der Waals surface area contributed by atoms with Crippen LogP contribution in [-0.4, -0.2) is 54.8 Å². The first-order valence-corrected chi connectivity index (χ1v) is 6.88. The van der Waals surface area contributed by atoms with Gasteiger partial charge in [0.1, 0.15) is 0 Å². The highest BCUT2D eigenvalue weighted by Crippen LogP contribution is 2.18. The van der Waals surface area contributed by atoms with Crippen molar-refractivity contribution in [1.29, 1.82) is 0 Å². The molecule has 0 spiro atoms. The van der Waals surface area contributed by atoms with Crippen LogP contribution in [-0.2, 0) is 14.4 Å². The van der Waals surface area contributed by atoms with E-state index in [1.165, 1.54) is 11.9 Å². The van der Waals surface area contributed by atoms with Crippen molar-refractivity contribution in [2.24, 2.45) is 11.7 Å². The van der Waals surface area contributed by atoms with Crippen LogP contribution in [0.5, 0.6) is 0 Å². The van der Waals surface area contributed by atoms with Crippen LogP contribution in [0.4, 0.5) is 0 Å². The van der Waals surface area contributed by atoms with Gasteiger partial charge in [0.25, 0.3) is 0 Å². The summed E-state index contributed by atoms with van der Waals surface area (Å²) in [6.45, 7) is 3.52. The number of hydrogen-bond acceptors (Lipinski definition) is 4. The maximum atomic E-state index is 11.8. The number of amides is 3. The van der Waals surface area contributed by atoms with E-state index >= 15 is 0 Å². The third kappa shape index (κ3) is 7.29. The van der Waals surface area contributed by atoms with Gasteiger partial charge in [-0.1, -0.05) is 13.8 Å². The van der Waals surface area contributed by atoms with Crippen LogP contribution >= 0.6 is 12.4 Å². The molecule has 0 saturated heterocycles. The molecule has 0 bridgehead atoms. The molecule has 0 aromatic heterocycles. The van der Waals surface area contributed by atoms with Gasteiger partial charge in [0.05, 0.1) is 19.1 Å². The molecule has 3 amide bonds. The zero-order valence-corrected chi connectivity index (χ0v) is 13.5. The second kappa shape index (κ2) is 8.84. The summed E-state index contributed by atoms with van der Waals surface area (Å²) < 4.78 is 0. The molecule has 4 N–H and O–H groups in total. The number of carbonyl (C=O) groups excluding carboxylic acids is 3. The van der Waals surface area contributed by atoms with E-state index in [1.807, 2.05) is 13.8 Å². The maximum Gasteiger partial charge on any atom is 0.242 e. The summed E-state index contributed by atoms with van der Waals surface area (Å²) in [6.07, 6.45) is 2.01. The van der Waals surface area contributed by atoms with Gasteiger partial charge >= 0.3 is 0 Å². The quantitative estimate of drug-likeness (QED) is 0.573. The molecular formula is C13H25ClN4O3. The molecule has 1 aliphatic rings. The van der Waals surface area contributed by atoms with E-state index < -0.39 is 6.04 Å². The lowest BCUT2D eigenvalue weighted by molar-refractivity contribution is -0.135. The average Bonchev–Trinajstić information content (AvgIpc) is 3.17. The molecule has 122 valence electrons. The van der Waals surface area contributed by atoms with Gasteiger partial charge < -0.3 is 21.3 Å². The van der Waals surface area contributed by atoms with Crippen molar-refractivity contribution >= 4 is 30.1 Å². The van der Waals surface area contributed by atoms with Gasteiger partial charge in [-0.2, -0.15) is 0 Å². The number of nitrogens with one attached hydrogen (secondary N) is 2. The number of halogens is 1. The average molecular weight is 321 g/mol. The molecule has 1 atom stereocenters. The lowest BCUT2D eigenvalue weighted by Gasteiger charge is -2.19. The standard InChI is InChI=1S/C13H24N4O3.ClH/c1-8(2)12(14)13(20)15-6-11(19)17(3)7-10(18)16-9-4-5-9;/h8-9,12H,4-7,14H2,1-3H3,(H,15,20)(H,16,18);1H/t12-;/m0./s1. The topological polar surface area (TPSA) is 105 Å². The van der Waals surface area contributed by atoms with Gasteiger partial charge in [-0.3, -0.25) is 14.4 Å². The summed E-state index contributed by atoms with van der Waals surface area (Å²) in [5.41, 5.74) is 5.66. The van der Waals surface area contributed by atoms with E-state index in [0.29, 0.717) is 0 Å². The fourth-order valence-corrected chi connectivity index (χ4v) is 1.52. The third-order valence-electron chi connectivity index (χ3n) is 3.18. The summed E-state index contributed by atoms with van der Waals surface area (Å²) in [4.78, 5) is 36.2. The fraction of sp³-hybridized carbons (Fsp3) is 0.769. The normalized spacial score (nSPS) is 14.9. The highest BCUT2D eigenvalue weighted by Gasteiger charge is 2.24. The van der Waals surface area contributed by atoms with Crippen molar-refractivity contribution in [2.75, 3.05) is 20.1 Å². The molecule has 1 aliphatic carbocycles. The summed E-state index contributed by atoms with van der Waals surface area (Å²) in [7, 11) is 1.53. The minimum absolute atomic E-state index is 0. The number of nitrogens with zero attached hydrogens (tertiary/aromatic N) is 1. The van der Waals surface area contributed by atoms with Crippen LogP contribution in [0.1, 0.15) is 26.7 Å². The van der Waals surface area contributed by atoms with Gasteiger partial charge in [0.15, 0.2) is 0 Å². The van der Waals surface area contributed by atoms with Gasteiger partial charge in [-0.25, -0.2) is 0 Å². The smallest absolute Gasteiger partial charge is 0.242 e. The van der Waals surface area contributed by atoms with E-state index in [0.717, 1.165) is 12.8 Å². The monoisotopic (exact) mass is 320 g/mol. The lowest BCUT2D eigenvalue weighted by atomic mass is 10.1. The molecule has 0 aromatic rings. The van der Waals surface area contributed by atoms with E-state index in [1.54, 1.807) is 0 Å². The first-order chi connectivity index (χ1) is 9.31. The van der Waals surface area contributed by atoms with Crippen molar-refractivity contribution in [3.8, 4) is 0 Å². The second-order valence-electron chi connectivity index (χ2n) is 5.58. The Morgan fingerprint density at radius 3 is 2.33 bits per heavy atom. The minimum atomic E-state index is -0.633. The molecule has 7 nitrogen and oxygen atoms in total. The molecule has 0 aliphatic heterocycles. The first kappa shape index (κ1) is 19.7. The van der Waals surface area contributed by atoms with Crippen molar-refractivity contribution in [1.82, 2.24) is 15.5 Å². The summed E-state index contributed by atoms with van der Waals surface area (Å²) in [6, 6.07) is -0.360. The molecule has 1 rings (SSSR count). The predicted octanol–water partition coefficient (Wildman–Crippen LogP) is -0.755. The molecule has 1 saturated carbocycles. The number of carbonyl (C=O) groups is 3. The Morgan fingerprint density at radius 2 is 1.86 bits per heavy atom. The highest BCUT2D eigenvalue weighted by atomic mass is 35.5. The van der Waals surface area contributed by atoms with E-state index in [-0.39, 0.29) is 55.2 Å². The molecular weight excluding hydrogens is 296 g/mol. The summed E-state index contributed by atoms with van der Waals surface area (Å²) >= 11 is 0. The Balaban J connectivity index is 0.00000400. The number of rotatable bonds is 7. The maximum absolute atomic E-state index is 11.8. The minimum Gasteiger partial charge on any atom is -0.352 e. The van der Waals surface area contributed by atoms with Crippen LogP contribution in [0.25, 0.3) is 0 Å². The Hall–Kier alpha value is -1.34. The van der Waals surface area contributed by atoms with Crippen LogP contribution < -0.4 is 16.4 Å². The Labute approximate surface area is 131 Å². The molecule has 21 heavy (non-hydrogen) atoms. The number of nitrogens with two attached hydrogens (primary N) is 1. The van der Waals surface area contributed by atoms with Crippen molar-refractivity contribution in [3.63, 3.8) is 0 Å². The van der Waals surface area contributed by atoms with E-state index in [4.69, 9.17) is 5.73 Å². The van der Waals surface area contributed by atoms with E-state index in [9.17, 15) is 14.4 Å². The van der Waals surface area contributed by atoms with Gasteiger partial charge in [0.2, 0.25) is 17.7 Å². The SMILES string of the molecule is CC(C)[C@H](N)C(=O)NCC(=O)N(C)CC(=O)NC1CC1.Cl. The molecule has 1 fully saturated rings. The van der Waals surface area contributed by atoms with Crippen LogP contribution in [0.2, 0.25) is 0 Å². The van der Waals surface area contributed by atoms with Crippen molar-refractivity contribution in [2.45, 2.75) is 38.8 Å².